The van der Waals surface area contributed by atoms with E-state index >= 15 is 0 Å². The summed E-state index contributed by atoms with van der Waals surface area (Å²) in [6.07, 6.45) is 0. The number of carbonyl (C=O) groups is 1. The smallest absolute Gasteiger partial charge is 0.268 e. The molecule has 1 aromatic carbocycles. The molecule has 0 heterocycles. The Balaban J connectivity index is 3.23. The van der Waals surface area contributed by atoms with Crippen molar-refractivity contribution in [3.05, 3.63) is 28.8 Å². The van der Waals surface area contributed by atoms with E-state index in [9.17, 15) is 9.90 Å². The molecule has 0 fully saturated rings. The Bertz CT molecular complexity index is 348. The number of rotatable bonds is 1. The molecule has 0 aliphatic carbocycles. The van der Waals surface area contributed by atoms with Crippen LogP contribution in [0.3, 0.4) is 0 Å². The van der Waals surface area contributed by atoms with E-state index in [1.165, 1.54) is 0 Å². The number of nitrogens with one attached hydrogen (secondary N) is 1. The van der Waals surface area contributed by atoms with Gasteiger partial charge in [-0.15, -0.1) is 0 Å². The minimum Gasteiger partial charge on any atom is -0.507 e. The van der Waals surface area contributed by atoms with Crippen LogP contribution in [0.2, 0.25) is 0 Å². The Hall–Kier alpha value is -1.55. The first-order chi connectivity index (χ1) is 6.06. The van der Waals surface area contributed by atoms with Gasteiger partial charge < -0.3 is 5.11 Å². The molecule has 13 heavy (non-hydrogen) atoms. The first-order valence-corrected chi connectivity index (χ1v) is 3.87. The number of nitrogen functional groups attached to an aromatic ring is 1. The normalized spacial score (nSPS) is 9.77. The van der Waals surface area contributed by atoms with Crippen molar-refractivity contribution in [2.45, 2.75) is 13.8 Å². The quantitative estimate of drug-likeness (QED) is 0.337. The molecule has 70 valence electrons. The van der Waals surface area contributed by atoms with E-state index in [0.717, 1.165) is 11.1 Å². The molecule has 1 rings (SSSR count). The summed E-state index contributed by atoms with van der Waals surface area (Å²) in [5.74, 6) is 4.41. The molecule has 0 spiro atoms. The topological polar surface area (TPSA) is 75.3 Å². The highest BCUT2D eigenvalue weighted by Gasteiger charge is 2.10. The van der Waals surface area contributed by atoms with Crippen LogP contribution in [0.5, 0.6) is 5.75 Å². The van der Waals surface area contributed by atoms with Gasteiger partial charge in [-0.2, -0.15) is 0 Å². The molecular formula is C9H12N2O2. The standard InChI is InChI=1S/C9H12N2O2/c1-5-3-7(9(13)11-10)8(12)4-6(5)2/h3-4,12H,10H2,1-2H3,(H,11,13). The van der Waals surface area contributed by atoms with Crippen LogP contribution in [-0.2, 0) is 0 Å². The lowest BCUT2D eigenvalue weighted by Crippen LogP contribution is -2.30. The molecule has 1 amide bonds. The number of amides is 1. The molecule has 0 bridgehead atoms. The fraction of sp³-hybridized carbons (Fsp3) is 0.222. The molecule has 0 saturated carbocycles. The zero-order valence-electron chi connectivity index (χ0n) is 7.59. The summed E-state index contributed by atoms with van der Waals surface area (Å²) in [5.41, 5.74) is 4.05. The molecule has 0 radical (unpaired) electrons. The summed E-state index contributed by atoms with van der Waals surface area (Å²) in [6.45, 7) is 3.72. The van der Waals surface area contributed by atoms with Gasteiger partial charge in [-0.25, -0.2) is 5.84 Å². The third kappa shape index (κ3) is 1.78. The van der Waals surface area contributed by atoms with Crippen LogP contribution < -0.4 is 11.3 Å². The van der Waals surface area contributed by atoms with Crippen LogP contribution in [0.15, 0.2) is 12.1 Å². The first kappa shape index (κ1) is 9.54. The van der Waals surface area contributed by atoms with Crippen molar-refractivity contribution in [3.8, 4) is 5.75 Å². The highest BCUT2D eigenvalue weighted by atomic mass is 16.3. The lowest BCUT2D eigenvalue weighted by atomic mass is 10.0. The summed E-state index contributed by atoms with van der Waals surface area (Å²) in [4.78, 5) is 11.1. The van der Waals surface area contributed by atoms with Gasteiger partial charge in [0.05, 0.1) is 5.56 Å². The van der Waals surface area contributed by atoms with Gasteiger partial charge in [-0.1, -0.05) is 0 Å². The monoisotopic (exact) mass is 180 g/mol. The second kappa shape index (κ2) is 3.45. The van der Waals surface area contributed by atoms with Crippen molar-refractivity contribution < 1.29 is 9.90 Å². The zero-order valence-corrected chi connectivity index (χ0v) is 7.59. The minimum absolute atomic E-state index is 0.0500. The Morgan fingerprint density at radius 1 is 1.38 bits per heavy atom. The fourth-order valence-electron chi connectivity index (χ4n) is 1.06. The van der Waals surface area contributed by atoms with E-state index < -0.39 is 5.91 Å². The predicted octanol–water partition coefficient (Wildman–Crippen LogP) is 0.613. The average molecular weight is 180 g/mol. The van der Waals surface area contributed by atoms with Gasteiger partial charge in [-0.05, 0) is 37.1 Å². The van der Waals surface area contributed by atoms with E-state index in [2.05, 4.69) is 0 Å². The van der Waals surface area contributed by atoms with Gasteiger partial charge in [0.2, 0.25) is 0 Å². The van der Waals surface area contributed by atoms with Gasteiger partial charge in [-0.3, -0.25) is 10.2 Å². The molecule has 1 aromatic rings. The molecule has 4 heteroatoms. The summed E-state index contributed by atoms with van der Waals surface area (Å²) < 4.78 is 0. The Labute approximate surface area is 76.3 Å². The van der Waals surface area contributed by atoms with Gasteiger partial charge in [0.1, 0.15) is 5.75 Å². The van der Waals surface area contributed by atoms with E-state index in [0.29, 0.717) is 0 Å². The highest BCUT2D eigenvalue weighted by molar-refractivity contribution is 5.96. The van der Waals surface area contributed by atoms with Crippen LogP contribution in [0, 0.1) is 13.8 Å². The number of nitrogens with two attached hydrogens (primary N) is 1. The maximum Gasteiger partial charge on any atom is 0.268 e. The number of hydrogen-bond acceptors (Lipinski definition) is 3. The van der Waals surface area contributed by atoms with E-state index in [4.69, 9.17) is 5.84 Å². The van der Waals surface area contributed by atoms with Crippen molar-refractivity contribution in [3.63, 3.8) is 0 Å². The predicted molar refractivity (Wildman–Crippen MR) is 49.2 cm³/mol. The number of hydrazine groups is 1. The number of phenolic OH excluding ortho intramolecular Hbond substituents is 1. The Morgan fingerprint density at radius 2 is 1.92 bits per heavy atom. The maximum absolute atomic E-state index is 11.1. The second-order valence-corrected chi connectivity index (χ2v) is 2.93. The summed E-state index contributed by atoms with van der Waals surface area (Å²) in [6, 6.07) is 3.15. The van der Waals surface area contributed by atoms with Crippen molar-refractivity contribution in [2.24, 2.45) is 5.84 Å². The van der Waals surface area contributed by atoms with Crippen LogP contribution in [-0.4, -0.2) is 11.0 Å². The van der Waals surface area contributed by atoms with E-state index in [1.54, 1.807) is 12.1 Å². The van der Waals surface area contributed by atoms with Gasteiger partial charge in [0, 0.05) is 0 Å². The summed E-state index contributed by atoms with van der Waals surface area (Å²) >= 11 is 0. The minimum atomic E-state index is -0.486. The van der Waals surface area contributed by atoms with Crippen LogP contribution in [0.1, 0.15) is 21.5 Å². The van der Waals surface area contributed by atoms with Crippen LogP contribution in [0.25, 0.3) is 0 Å². The molecule has 0 aromatic heterocycles. The molecule has 0 atom stereocenters. The molecule has 0 aliphatic heterocycles. The third-order valence-corrected chi connectivity index (χ3v) is 1.99. The van der Waals surface area contributed by atoms with E-state index in [1.807, 2.05) is 19.3 Å². The average Bonchev–Trinajstić information content (AvgIpc) is 2.10. The van der Waals surface area contributed by atoms with Crippen molar-refractivity contribution >= 4 is 5.91 Å². The number of carbonyl (C=O) groups excluding carboxylic acids is 1. The Kier molecular flexibility index (Phi) is 2.53. The highest BCUT2D eigenvalue weighted by Crippen LogP contribution is 2.21. The van der Waals surface area contributed by atoms with Crippen LogP contribution >= 0.6 is 0 Å². The maximum atomic E-state index is 11.1. The molecule has 0 saturated heterocycles. The van der Waals surface area contributed by atoms with Gasteiger partial charge >= 0.3 is 0 Å². The largest absolute Gasteiger partial charge is 0.507 e. The number of hydrogen-bond donors (Lipinski definition) is 3. The number of aryl methyl sites for hydroxylation is 2. The van der Waals surface area contributed by atoms with Crippen molar-refractivity contribution in [2.75, 3.05) is 0 Å². The first-order valence-electron chi connectivity index (χ1n) is 3.87. The van der Waals surface area contributed by atoms with Gasteiger partial charge in [0.25, 0.3) is 5.91 Å². The number of phenols is 1. The van der Waals surface area contributed by atoms with Crippen LogP contribution in [0.4, 0.5) is 0 Å². The van der Waals surface area contributed by atoms with E-state index in [-0.39, 0.29) is 11.3 Å². The molecule has 0 aliphatic rings. The molecule has 4 N–H and O–H groups in total. The molecule has 4 nitrogen and oxygen atoms in total. The third-order valence-electron chi connectivity index (χ3n) is 1.99. The number of benzene rings is 1. The Morgan fingerprint density at radius 3 is 2.46 bits per heavy atom. The number of aromatic hydroxyl groups is 1. The zero-order chi connectivity index (χ0) is 10.0. The van der Waals surface area contributed by atoms with Gasteiger partial charge in [0.15, 0.2) is 0 Å². The fourth-order valence-corrected chi connectivity index (χ4v) is 1.06. The molecule has 0 unspecified atom stereocenters. The van der Waals surface area contributed by atoms with Crippen molar-refractivity contribution in [1.82, 2.24) is 5.43 Å². The lowest BCUT2D eigenvalue weighted by Gasteiger charge is -2.06. The van der Waals surface area contributed by atoms with Crippen molar-refractivity contribution in [1.29, 1.82) is 0 Å². The summed E-state index contributed by atoms with van der Waals surface area (Å²) in [5, 5.41) is 9.40. The molecular weight excluding hydrogens is 168 g/mol. The lowest BCUT2D eigenvalue weighted by molar-refractivity contribution is 0.0951. The SMILES string of the molecule is Cc1cc(O)c(C(=O)NN)cc1C. The summed E-state index contributed by atoms with van der Waals surface area (Å²) in [7, 11) is 0. The second-order valence-electron chi connectivity index (χ2n) is 2.93.